The molecule has 11 heavy (non-hydrogen) atoms. The standard InChI is InChI=1S/C9H21NO/c1-5-6-9(11-4)7-8-10(2)3/h9H,5-8H2,1-4H3. The highest BCUT2D eigenvalue weighted by Crippen LogP contribution is 2.05. The molecule has 1 atom stereocenters. The summed E-state index contributed by atoms with van der Waals surface area (Å²) in [6.45, 7) is 3.32. The second-order valence-electron chi connectivity index (χ2n) is 3.24. The zero-order valence-electron chi connectivity index (χ0n) is 8.26. The highest BCUT2D eigenvalue weighted by atomic mass is 16.5. The Morgan fingerprint density at radius 2 is 1.91 bits per heavy atom. The molecule has 0 spiro atoms. The van der Waals surface area contributed by atoms with E-state index in [9.17, 15) is 0 Å². The van der Waals surface area contributed by atoms with Crippen LogP contribution in [0.25, 0.3) is 0 Å². The molecule has 0 aliphatic heterocycles. The van der Waals surface area contributed by atoms with Crippen LogP contribution in [0, 0.1) is 0 Å². The van der Waals surface area contributed by atoms with Gasteiger partial charge < -0.3 is 9.64 Å². The summed E-state index contributed by atoms with van der Waals surface area (Å²) in [5, 5.41) is 0. The van der Waals surface area contributed by atoms with Crippen LogP contribution in [0.4, 0.5) is 0 Å². The van der Waals surface area contributed by atoms with Crippen molar-refractivity contribution < 1.29 is 4.74 Å². The molecule has 2 heteroatoms. The lowest BCUT2D eigenvalue weighted by Crippen LogP contribution is -2.20. The third-order valence-electron chi connectivity index (χ3n) is 1.84. The lowest BCUT2D eigenvalue weighted by Gasteiger charge is -2.16. The van der Waals surface area contributed by atoms with Crippen LogP contribution in [0.15, 0.2) is 0 Å². The summed E-state index contributed by atoms with van der Waals surface area (Å²) in [5.41, 5.74) is 0. The predicted octanol–water partition coefficient (Wildman–Crippen LogP) is 1.75. The van der Waals surface area contributed by atoms with Crippen LogP contribution in [0.5, 0.6) is 0 Å². The summed E-state index contributed by atoms with van der Waals surface area (Å²) < 4.78 is 5.31. The van der Waals surface area contributed by atoms with Crippen molar-refractivity contribution in [3.8, 4) is 0 Å². The highest BCUT2D eigenvalue weighted by molar-refractivity contribution is 4.58. The Kier molecular flexibility index (Phi) is 6.57. The van der Waals surface area contributed by atoms with Gasteiger partial charge in [-0.1, -0.05) is 13.3 Å². The molecule has 0 N–H and O–H groups in total. The van der Waals surface area contributed by atoms with Gasteiger partial charge in [0.25, 0.3) is 0 Å². The first-order valence-corrected chi connectivity index (χ1v) is 4.38. The van der Waals surface area contributed by atoms with Crippen LogP contribution >= 0.6 is 0 Å². The lowest BCUT2D eigenvalue weighted by molar-refractivity contribution is 0.0808. The van der Waals surface area contributed by atoms with Gasteiger partial charge in [-0.3, -0.25) is 0 Å². The van der Waals surface area contributed by atoms with Crippen molar-refractivity contribution in [3.63, 3.8) is 0 Å². The second kappa shape index (κ2) is 6.62. The van der Waals surface area contributed by atoms with Gasteiger partial charge in [0, 0.05) is 7.11 Å². The van der Waals surface area contributed by atoms with Crippen molar-refractivity contribution in [1.82, 2.24) is 4.90 Å². The van der Waals surface area contributed by atoms with Crippen molar-refractivity contribution in [3.05, 3.63) is 0 Å². The van der Waals surface area contributed by atoms with Crippen LogP contribution in [0.3, 0.4) is 0 Å². The van der Waals surface area contributed by atoms with E-state index in [0.717, 1.165) is 13.0 Å². The average Bonchev–Trinajstić information content (AvgIpc) is 1.97. The molecule has 0 aliphatic carbocycles. The van der Waals surface area contributed by atoms with Crippen molar-refractivity contribution in [2.24, 2.45) is 0 Å². The molecule has 0 bridgehead atoms. The number of ether oxygens (including phenoxy) is 1. The first-order valence-electron chi connectivity index (χ1n) is 4.38. The van der Waals surface area contributed by atoms with Crippen molar-refractivity contribution in [2.45, 2.75) is 32.3 Å². The van der Waals surface area contributed by atoms with E-state index in [4.69, 9.17) is 4.74 Å². The second-order valence-corrected chi connectivity index (χ2v) is 3.24. The van der Waals surface area contributed by atoms with E-state index in [0.29, 0.717) is 6.10 Å². The lowest BCUT2D eigenvalue weighted by atomic mass is 10.1. The van der Waals surface area contributed by atoms with Crippen molar-refractivity contribution in [2.75, 3.05) is 27.7 Å². The molecule has 0 fully saturated rings. The molecule has 0 aliphatic rings. The molecule has 0 heterocycles. The van der Waals surface area contributed by atoms with Crippen LogP contribution in [0.2, 0.25) is 0 Å². The fraction of sp³-hybridized carbons (Fsp3) is 1.00. The first-order chi connectivity index (χ1) is 5.20. The smallest absolute Gasteiger partial charge is 0.0583 e. The molecule has 0 amide bonds. The Hall–Kier alpha value is -0.0800. The van der Waals surface area contributed by atoms with Gasteiger partial charge in [0.2, 0.25) is 0 Å². The van der Waals surface area contributed by atoms with E-state index in [1.54, 1.807) is 7.11 Å². The van der Waals surface area contributed by atoms with Gasteiger partial charge in [-0.25, -0.2) is 0 Å². The number of methoxy groups -OCH3 is 1. The largest absolute Gasteiger partial charge is 0.381 e. The minimum atomic E-state index is 0.461. The van der Waals surface area contributed by atoms with E-state index < -0.39 is 0 Å². The minimum Gasteiger partial charge on any atom is -0.381 e. The third kappa shape index (κ3) is 6.32. The number of rotatable bonds is 6. The SMILES string of the molecule is CCCC(CCN(C)C)OC. The molecule has 0 aromatic heterocycles. The zero-order chi connectivity index (χ0) is 8.69. The maximum atomic E-state index is 5.31. The molecule has 0 rings (SSSR count). The van der Waals surface area contributed by atoms with Crippen LogP contribution in [0.1, 0.15) is 26.2 Å². The van der Waals surface area contributed by atoms with Crippen LogP contribution < -0.4 is 0 Å². The van der Waals surface area contributed by atoms with E-state index in [1.807, 2.05) is 0 Å². The molecule has 0 aromatic rings. The van der Waals surface area contributed by atoms with Gasteiger partial charge in [-0.2, -0.15) is 0 Å². The number of nitrogens with zero attached hydrogens (tertiary/aromatic N) is 1. The topological polar surface area (TPSA) is 12.5 Å². The Labute approximate surface area is 70.5 Å². The van der Waals surface area contributed by atoms with Gasteiger partial charge in [-0.05, 0) is 33.5 Å². The summed E-state index contributed by atoms with van der Waals surface area (Å²) >= 11 is 0. The molecule has 68 valence electrons. The molecule has 0 saturated heterocycles. The number of hydrogen-bond donors (Lipinski definition) is 0. The summed E-state index contributed by atoms with van der Waals surface area (Å²) in [6, 6.07) is 0. The normalized spacial score (nSPS) is 13.9. The summed E-state index contributed by atoms with van der Waals surface area (Å²) in [7, 11) is 5.99. The van der Waals surface area contributed by atoms with Gasteiger partial charge >= 0.3 is 0 Å². The predicted molar refractivity (Wildman–Crippen MR) is 48.9 cm³/mol. The van der Waals surface area contributed by atoms with E-state index in [2.05, 4.69) is 25.9 Å². The van der Waals surface area contributed by atoms with E-state index in [-0.39, 0.29) is 0 Å². The molecular weight excluding hydrogens is 138 g/mol. The van der Waals surface area contributed by atoms with Crippen molar-refractivity contribution in [1.29, 1.82) is 0 Å². The Morgan fingerprint density at radius 1 is 1.27 bits per heavy atom. The highest BCUT2D eigenvalue weighted by Gasteiger charge is 2.05. The molecular formula is C9H21NO. The average molecular weight is 159 g/mol. The monoisotopic (exact) mass is 159 g/mol. The maximum absolute atomic E-state index is 5.31. The minimum absolute atomic E-state index is 0.461. The Balaban J connectivity index is 3.35. The van der Waals surface area contributed by atoms with Crippen molar-refractivity contribution >= 4 is 0 Å². The van der Waals surface area contributed by atoms with Crippen LogP contribution in [-0.4, -0.2) is 38.8 Å². The molecule has 0 radical (unpaired) electrons. The number of hydrogen-bond acceptors (Lipinski definition) is 2. The Bertz CT molecular complexity index is 83.6. The first kappa shape index (κ1) is 10.9. The fourth-order valence-corrected chi connectivity index (χ4v) is 1.10. The molecule has 2 nitrogen and oxygen atoms in total. The molecule has 0 saturated carbocycles. The molecule has 0 aromatic carbocycles. The Morgan fingerprint density at radius 3 is 2.27 bits per heavy atom. The van der Waals surface area contributed by atoms with E-state index in [1.165, 1.54) is 12.8 Å². The summed E-state index contributed by atoms with van der Waals surface area (Å²) in [6.07, 6.45) is 4.01. The van der Waals surface area contributed by atoms with Gasteiger partial charge in [0.15, 0.2) is 0 Å². The van der Waals surface area contributed by atoms with Gasteiger partial charge in [-0.15, -0.1) is 0 Å². The zero-order valence-corrected chi connectivity index (χ0v) is 8.26. The van der Waals surface area contributed by atoms with E-state index >= 15 is 0 Å². The summed E-state index contributed by atoms with van der Waals surface area (Å²) in [5.74, 6) is 0. The fourth-order valence-electron chi connectivity index (χ4n) is 1.10. The summed E-state index contributed by atoms with van der Waals surface area (Å²) in [4.78, 5) is 2.20. The van der Waals surface area contributed by atoms with Gasteiger partial charge in [0.05, 0.1) is 6.10 Å². The quantitative estimate of drug-likeness (QED) is 0.585. The van der Waals surface area contributed by atoms with Crippen LogP contribution in [-0.2, 0) is 4.74 Å². The maximum Gasteiger partial charge on any atom is 0.0583 e. The van der Waals surface area contributed by atoms with Gasteiger partial charge in [0.1, 0.15) is 0 Å². The molecule has 1 unspecified atom stereocenters. The third-order valence-corrected chi connectivity index (χ3v) is 1.84.